The van der Waals surface area contributed by atoms with E-state index in [1.807, 2.05) is 58.9 Å². The van der Waals surface area contributed by atoms with Crippen LogP contribution in [0.1, 0.15) is 62.3 Å². The Bertz CT molecular complexity index is 1680. The van der Waals surface area contributed by atoms with Crippen LogP contribution in [-0.4, -0.2) is 56.9 Å². The summed E-state index contributed by atoms with van der Waals surface area (Å²) in [5.41, 5.74) is -0.700. The summed E-state index contributed by atoms with van der Waals surface area (Å²) in [7, 11) is -3.02. The van der Waals surface area contributed by atoms with Crippen LogP contribution in [0.25, 0.3) is 0 Å². The SMILES string of the molecule is CC(C)C(NC(=O)OC(C)(C)C)C(=O)N[C@H](CP(C)(I)(c1ccccc1)c1ccccc1)C(C)O[Si](c1ccccc1)(c1ccccc1)C(C)(C)C. The topological polar surface area (TPSA) is 76.7 Å². The summed E-state index contributed by atoms with van der Waals surface area (Å²) >= 11 is 2.72. The van der Waals surface area contributed by atoms with Gasteiger partial charge in [0.2, 0.25) is 0 Å². The molecule has 9 heteroatoms. The third-order valence-corrected chi connectivity index (χ3v) is 24.0. The molecule has 3 atom stereocenters. The van der Waals surface area contributed by atoms with Gasteiger partial charge in [0, 0.05) is 0 Å². The average Bonchev–Trinajstić information content (AvgIpc) is 3.09. The number of benzene rings is 4. The molecule has 0 bridgehead atoms. The first kappa shape index (κ1) is 41.7. The summed E-state index contributed by atoms with van der Waals surface area (Å²) in [4.78, 5) is 27.6. The summed E-state index contributed by atoms with van der Waals surface area (Å²) in [5, 5.41) is 10.9. The van der Waals surface area contributed by atoms with E-state index in [1.54, 1.807) is 0 Å². The van der Waals surface area contributed by atoms with Crippen LogP contribution in [0.4, 0.5) is 4.79 Å². The fourth-order valence-electron chi connectivity index (χ4n) is 7.06. The number of hydrogen-bond donors (Lipinski definition) is 2. The Labute approximate surface area is 326 Å². The molecule has 6 nitrogen and oxygen atoms in total. The average molecular weight is 853 g/mol. The summed E-state index contributed by atoms with van der Waals surface area (Å²) in [5.74, 6) is -0.458. The van der Waals surface area contributed by atoms with Gasteiger partial charge in [-0.05, 0) is 0 Å². The van der Waals surface area contributed by atoms with Crippen molar-refractivity contribution in [3.63, 3.8) is 0 Å². The number of carbonyl (C=O) groups excluding carboxylic acids is 2. The number of carbonyl (C=O) groups is 2. The van der Waals surface area contributed by atoms with Gasteiger partial charge in [0.15, 0.2) is 0 Å². The molecule has 4 aromatic carbocycles. The Morgan fingerprint density at radius 1 is 0.692 bits per heavy atom. The predicted molar refractivity (Wildman–Crippen MR) is 232 cm³/mol. The van der Waals surface area contributed by atoms with Crippen molar-refractivity contribution in [2.45, 2.75) is 91.1 Å². The fourth-order valence-corrected chi connectivity index (χ4v) is 18.9. The number of alkyl carbamates (subject to hydrolysis) is 1. The molecule has 4 rings (SSSR count). The van der Waals surface area contributed by atoms with Crippen LogP contribution in [-0.2, 0) is 14.0 Å². The summed E-state index contributed by atoms with van der Waals surface area (Å²) < 4.78 is 10.3. The monoisotopic (exact) mass is 852 g/mol. The molecule has 2 N–H and O–H groups in total. The molecule has 0 aromatic heterocycles. The molecule has 0 aliphatic heterocycles. The van der Waals surface area contributed by atoms with Crippen molar-refractivity contribution >= 4 is 67.6 Å². The van der Waals surface area contributed by atoms with Crippen LogP contribution < -0.4 is 31.6 Å². The van der Waals surface area contributed by atoms with E-state index in [1.165, 1.54) is 21.0 Å². The molecule has 0 aliphatic carbocycles. The molecule has 0 heterocycles. The Kier molecular flexibility index (Phi) is 13.3. The molecule has 0 fully saturated rings. The van der Waals surface area contributed by atoms with Gasteiger partial charge in [-0.25, -0.2) is 0 Å². The van der Waals surface area contributed by atoms with Crippen molar-refractivity contribution in [2.24, 2.45) is 5.92 Å². The minimum atomic E-state index is -3.04. The van der Waals surface area contributed by atoms with Gasteiger partial charge in [-0.15, -0.1) is 0 Å². The fraction of sp³-hybridized carbons (Fsp3) is 0.395. The van der Waals surface area contributed by atoms with Crippen LogP contribution in [0.2, 0.25) is 5.04 Å². The van der Waals surface area contributed by atoms with Crippen LogP contribution in [0.3, 0.4) is 0 Å². The molecule has 2 amide bonds. The molecule has 0 radical (unpaired) electrons. The summed E-state index contributed by atoms with van der Waals surface area (Å²) in [6.45, 7) is 20.6. The van der Waals surface area contributed by atoms with E-state index >= 15 is 0 Å². The van der Waals surface area contributed by atoms with E-state index in [9.17, 15) is 9.59 Å². The zero-order valence-corrected chi connectivity index (χ0v) is 36.6. The van der Waals surface area contributed by atoms with Crippen LogP contribution >= 0.6 is 26.3 Å². The van der Waals surface area contributed by atoms with Crippen molar-refractivity contribution in [2.75, 3.05) is 12.8 Å². The van der Waals surface area contributed by atoms with E-state index in [0.717, 1.165) is 0 Å². The molecular formula is C43H58IN2O4PSi. The van der Waals surface area contributed by atoms with Gasteiger partial charge in [0.25, 0.3) is 0 Å². The number of amides is 2. The third-order valence-electron chi connectivity index (χ3n) is 9.77. The number of nitrogens with one attached hydrogen (secondary N) is 2. The number of hydrogen-bond acceptors (Lipinski definition) is 4. The number of rotatable bonds is 13. The minimum absolute atomic E-state index is 0.194. The van der Waals surface area contributed by atoms with Gasteiger partial charge in [0.1, 0.15) is 0 Å². The molecule has 2 unspecified atom stereocenters. The van der Waals surface area contributed by atoms with Gasteiger partial charge in [-0.2, -0.15) is 0 Å². The van der Waals surface area contributed by atoms with E-state index in [2.05, 4.69) is 164 Å². The quantitative estimate of drug-likeness (QED) is 0.0810. The Hall–Kier alpha value is -3.04. The maximum atomic E-state index is 14.6. The molecule has 0 saturated carbocycles. The Morgan fingerprint density at radius 3 is 1.46 bits per heavy atom. The zero-order valence-electron chi connectivity index (χ0n) is 32.5. The number of ether oxygens (including phenoxy) is 1. The van der Waals surface area contributed by atoms with Gasteiger partial charge < -0.3 is 0 Å². The van der Waals surface area contributed by atoms with Crippen molar-refractivity contribution in [1.82, 2.24) is 10.6 Å². The first-order valence-corrected chi connectivity index (χ1v) is 25.8. The normalized spacial score (nSPS) is 15.1. The van der Waals surface area contributed by atoms with Crippen LogP contribution in [0.5, 0.6) is 0 Å². The molecule has 0 aliphatic rings. The van der Waals surface area contributed by atoms with E-state index in [4.69, 9.17) is 9.16 Å². The molecular weight excluding hydrogens is 794 g/mol. The zero-order chi connectivity index (χ0) is 38.4. The van der Waals surface area contributed by atoms with Gasteiger partial charge in [-0.1, -0.05) is 0 Å². The Morgan fingerprint density at radius 2 is 1.10 bits per heavy atom. The van der Waals surface area contributed by atoms with E-state index in [0.29, 0.717) is 6.16 Å². The van der Waals surface area contributed by atoms with Crippen molar-refractivity contribution in [1.29, 1.82) is 0 Å². The third kappa shape index (κ3) is 9.54. The molecule has 4 aromatic rings. The van der Waals surface area contributed by atoms with Crippen LogP contribution in [0.15, 0.2) is 121 Å². The predicted octanol–water partition coefficient (Wildman–Crippen LogP) is 8.17. The van der Waals surface area contributed by atoms with E-state index < -0.39 is 42.4 Å². The number of halogens is 1. The molecule has 0 spiro atoms. The van der Waals surface area contributed by atoms with Crippen LogP contribution in [0, 0.1) is 5.92 Å². The van der Waals surface area contributed by atoms with Gasteiger partial charge in [-0.3, -0.25) is 0 Å². The van der Waals surface area contributed by atoms with Crippen molar-refractivity contribution < 1.29 is 18.8 Å². The molecule has 52 heavy (non-hydrogen) atoms. The first-order chi connectivity index (χ1) is 24.3. The second-order valence-electron chi connectivity index (χ2n) is 16.5. The second kappa shape index (κ2) is 16.5. The summed E-state index contributed by atoms with van der Waals surface area (Å²) in [6, 6.07) is 41.3. The van der Waals surface area contributed by atoms with Crippen molar-refractivity contribution in [3.8, 4) is 0 Å². The first-order valence-electron chi connectivity index (χ1n) is 18.2. The summed E-state index contributed by atoms with van der Waals surface area (Å²) in [6.07, 6.45) is -0.414. The molecule has 0 saturated heterocycles. The van der Waals surface area contributed by atoms with Gasteiger partial charge in [0.05, 0.1) is 0 Å². The van der Waals surface area contributed by atoms with Gasteiger partial charge >= 0.3 is 328 Å². The molecule has 280 valence electrons. The second-order valence-corrected chi connectivity index (χ2v) is 33.3. The Balaban J connectivity index is 1.90. The maximum absolute atomic E-state index is 14.6. The standard InChI is InChI=1S/C43H58IN2O4PSi/c1-32(2)39(46-41(48)49-42(4,5)6)40(47)45-38(31-51(10,44,34-23-15-11-16-24-34)35-25-17-12-18-26-35)33(3)50-52(43(7,8)9,36-27-19-13-20-28-36)37-29-21-14-22-30-37/h11-30,32-33,38-39H,31H2,1-10H3,(H,45,47)(H,46,48)/t33?,38-,39?/m1/s1. The van der Waals surface area contributed by atoms with Crippen molar-refractivity contribution in [3.05, 3.63) is 121 Å². The van der Waals surface area contributed by atoms with E-state index in [-0.39, 0.29) is 16.9 Å².